The largest absolute Gasteiger partial charge is 0.368 e. The lowest BCUT2D eigenvalue weighted by Crippen LogP contribution is -2.36. The minimum atomic E-state index is -0.620. The topological polar surface area (TPSA) is 110 Å². The summed E-state index contributed by atoms with van der Waals surface area (Å²) >= 11 is 0. The molecule has 1 aromatic carbocycles. The van der Waals surface area contributed by atoms with Crippen LogP contribution in [0.1, 0.15) is 5.76 Å². The summed E-state index contributed by atoms with van der Waals surface area (Å²) in [7, 11) is 0. The van der Waals surface area contributed by atoms with Gasteiger partial charge in [0.15, 0.2) is 5.76 Å². The molecular weight excluding hydrogens is 260 g/mol. The molecule has 1 aromatic heterocycles. The highest BCUT2D eigenvalue weighted by Gasteiger charge is 2.16. The highest BCUT2D eigenvalue weighted by molar-refractivity contribution is 5.95. The number of primary amides is 1. The molecule has 0 saturated carbocycles. The lowest BCUT2D eigenvalue weighted by molar-refractivity contribution is -0.117. The summed E-state index contributed by atoms with van der Waals surface area (Å²) in [5, 5.41) is 8.86. The van der Waals surface area contributed by atoms with Gasteiger partial charge in [-0.05, 0) is 6.92 Å². The Morgan fingerprint density at radius 2 is 2.00 bits per heavy atom. The third-order valence-corrected chi connectivity index (χ3v) is 2.57. The molecule has 0 spiro atoms. The van der Waals surface area contributed by atoms with Crippen molar-refractivity contribution in [1.29, 1.82) is 0 Å². The van der Waals surface area contributed by atoms with Crippen LogP contribution in [0.5, 0.6) is 0 Å². The van der Waals surface area contributed by atoms with Crippen molar-refractivity contribution in [3.63, 3.8) is 0 Å². The minimum Gasteiger partial charge on any atom is -0.368 e. The molecule has 0 fully saturated rings. The minimum absolute atomic E-state index is 0.239. The maximum absolute atomic E-state index is 11.7. The van der Waals surface area contributed by atoms with Gasteiger partial charge < -0.3 is 20.9 Å². The molecule has 20 heavy (non-hydrogen) atoms. The Morgan fingerprint density at radius 1 is 1.30 bits per heavy atom. The lowest BCUT2D eigenvalue weighted by atomic mass is 10.1. The normalized spacial score (nSPS) is 10.1. The molecule has 0 saturated heterocycles. The van der Waals surface area contributed by atoms with Gasteiger partial charge in [0.25, 0.3) is 0 Å². The third-order valence-electron chi connectivity index (χ3n) is 2.57. The summed E-state index contributed by atoms with van der Waals surface area (Å²) in [6.45, 7) is 1.44. The molecule has 2 aromatic rings. The van der Waals surface area contributed by atoms with E-state index in [0.717, 1.165) is 5.56 Å². The number of aromatic nitrogens is 1. The molecule has 3 amide bonds. The zero-order valence-corrected chi connectivity index (χ0v) is 10.8. The van der Waals surface area contributed by atoms with Gasteiger partial charge in [-0.1, -0.05) is 35.5 Å². The Morgan fingerprint density at radius 3 is 2.65 bits per heavy atom. The number of hydrogen-bond acceptors (Lipinski definition) is 4. The number of nitrogens with one attached hydrogen (secondary N) is 2. The summed E-state index contributed by atoms with van der Waals surface area (Å²) in [5.74, 6) is -0.149. The molecule has 0 aliphatic heterocycles. The van der Waals surface area contributed by atoms with E-state index < -0.39 is 11.9 Å². The first-order valence-corrected chi connectivity index (χ1v) is 5.93. The quantitative estimate of drug-likeness (QED) is 0.779. The number of urea groups is 1. The monoisotopic (exact) mass is 274 g/mol. The molecule has 0 aliphatic carbocycles. The SMILES string of the molecule is Cc1onc(-c2ccccc2)c1NC(=O)NCC(N)=O. The number of carbonyl (C=O) groups is 2. The third kappa shape index (κ3) is 3.14. The fraction of sp³-hybridized carbons (Fsp3) is 0.154. The van der Waals surface area contributed by atoms with Crippen LogP contribution in [0, 0.1) is 6.92 Å². The predicted octanol–water partition coefficient (Wildman–Crippen LogP) is 1.26. The van der Waals surface area contributed by atoms with E-state index in [0.29, 0.717) is 17.1 Å². The van der Waals surface area contributed by atoms with Crippen LogP contribution in [0.25, 0.3) is 11.3 Å². The average molecular weight is 274 g/mol. The van der Waals surface area contributed by atoms with Gasteiger partial charge in [-0.2, -0.15) is 0 Å². The van der Waals surface area contributed by atoms with Crippen LogP contribution in [0.4, 0.5) is 10.5 Å². The number of benzene rings is 1. The molecule has 0 aliphatic rings. The van der Waals surface area contributed by atoms with Crippen molar-refractivity contribution in [1.82, 2.24) is 10.5 Å². The molecule has 7 nitrogen and oxygen atoms in total. The highest BCUT2D eigenvalue weighted by Crippen LogP contribution is 2.29. The second-order valence-corrected chi connectivity index (χ2v) is 4.10. The van der Waals surface area contributed by atoms with E-state index in [2.05, 4.69) is 15.8 Å². The van der Waals surface area contributed by atoms with E-state index >= 15 is 0 Å². The van der Waals surface area contributed by atoms with Crippen LogP contribution in [0.15, 0.2) is 34.9 Å². The van der Waals surface area contributed by atoms with Crippen molar-refractivity contribution in [2.75, 3.05) is 11.9 Å². The zero-order chi connectivity index (χ0) is 14.5. The van der Waals surface area contributed by atoms with E-state index in [-0.39, 0.29) is 6.54 Å². The Labute approximate surface area is 115 Å². The Hall–Kier alpha value is -2.83. The van der Waals surface area contributed by atoms with Crippen LogP contribution >= 0.6 is 0 Å². The molecule has 0 unspecified atom stereocenters. The maximum Gasteiger partial charge on any atom is 0.319 e. The second-order valence-electron chi connectivity index (χ2n) is 4.10. The molecule has 4 N–H and O–H groups in total. The second kappa shape index (κ2) is 5.87. The fourth-order valence-electron chi connectivity index (χ4n) is 1.64. The standard InChI is InChI=1S/C13H14N4O3/c1-8-11(16-13(19)15-7-10(14)18)12(17-20-8)9-5-3-2-4-6-9/h2-6H,7H2,1H3,(H2,14,18)(H2,15,16,19). The van der Waals surface area contributed by atoms with Gasteiger partial charge in [0.2, 0.25) is 5.91 Å². The molecule has 2 rings (SSSR count). The lowest BCUT2D eigenvalue weighted by Gasteiger charge is -2.06. The number of carbonyl (C=O) groups excluding carboxylic acids is 2. The number of hydrogen-bond donors (Lipinski definition) is 3. The van der Waals surface area contributed by atoms with Gasteiger partial charge in [0, 0.05) is 5.56 Å². The molecule has 104 valence electrons. The van der Waals surface area contributed by atoms with Crippen LogP contribution < -0.4 is 16.4 Å². The maximum atomic E-state index is 11.7. The Bertz CT molecular complexity index is 622. The highest BCUT2D eigenvalue weighted by atomic mass is 16.5. The smallest absolute Gasteiger partial charge is 0.319 e. The number of aryl methyl sites for hydroxylation is 1. The summed E-state index contributed by atoms with van der Waals surface area (Å²) in [6, 6.07) is 8.75. The summed E-state index contributed by atoms with van der Waals surface area (Å²) in [5.41, 5.74) is 6.75. The first-order chi connectivity index (χ1) is 9.58. The first-order valence-electron chi connectivity index (χ1n) is 5.93. The predicted molar refractivity (Wildman–Crippen MR) is 72.9 cm³/mol. The van der Waals surface area contributed by atoms with Crippen molar-refractivity contribution in [2.45, 2.75) is 6.92 Å². The Kier molecular flexibility index (Phi) is 3.99. The average Bonchev–Trinajstić information content (AvgIpc) is 2.79. The molecule has 0 atom stereocenters. The zero-order valence-electron chi connectivity index (χ0n) is 10.8. The molecule has 0 bridgehead atoms. The fourth-order valence-corrected chi connectivity index (χ4v) is 1.64. The van der Waals surface area contributed by atoms with Crippen molar-refractivity contribution in [3.05, 3.63) is 36.1 Å². The van der Waals surface area contributed by atoms with Crippen molar-refractivity contribution < 1.29 is 14.1 Å². The van der Waals surface area contributed by atoms with E-state index in [1.807, 2.05) is 30.3 Å². The van der Waals surface area contributed by atoms with E-state index in [4.69, 9.17) is 10.3 Å². The van der Waals surface area contributed by atoms with Crippen LogP contribution in [0.3, 0.4) is 0 Å². The van der Waals surface area contributed by atoms with Crippen molar-refractivity contribution in [3.8, 4) is 11.3 Å². The van der Waals surface area contributed by atoms with Gasteiger partial charge >= 0.3 is 6.03 Å². The molecule has 0 radical (unpaired) electrons. The van der Waals surface area contributed by atoms with Crippen LogP contribution in [0.2, 0.25) is 0 Å². The summed E-state index contributed by atoms with van der Waals surface area (Å²) in [6.07, 6.45) is 0. The first kappa shape index (κ1) is 13.6. The number of nitrogens with two attached hydrogens (primary N) is 1. The van der Waals surface area contributed by atoms with Crippen molar-refractivity contribution >= 4 is 17.6 Å². The van der Waals surface area contributed by atoms with E-state index in [9.17, 15) is 9.59 Å². The summed E-state index contributed by atoms with van der Waals surface area (Å²) in [4.78, 5) is 22.3. The number of amides is 3. The van der Waals surface area contributed by atoms with Gasteiger partial charge in [-0.15, -0.1) is 0 Å². The molecule has 7 heteroatoms. The van der Waals surface area contributed by atoms with Gasteiger partial charge in [-0.25, -0.2) is 4.79 Å². The van der Waals surface area contributed by atoms with Crippen molar-refractivity contribution in [2.24, 2.45) is 5.73 Å². The number of anilines is 1. The molecular formula is C13H14N4O3. The van der Waals surface area contributed by atoms with Gasteiger partial charge in [0.1, 0.15) is 11.4 Å². The number of nitrogens with zero attached hydrogens (tertiary/aromatic N) is 1. The van der Waals surface area contributed by atoms with E-state index in [1.165, 1.54) is 0 Å². The van der Waals surface area contributed by atoms with Crippen LogP contribution in [-0.2, 0) is 4.79 Å². The van der Waals surface area contributed by atoms with Gasteiger partial charge in [-0.3, -0.25) is 4.79 Å². The Balaban J connectivity index is 2.18. The van der Waals surface area contributed by atoms with E-state index in [1.54, 1.807) is 6.92 Å². The number of rotatable bonds is 4. The summed E-state index contributed by atoms with van der Waals surface area (Å²) < 4.78 is 5.09. The molecule has 1 heterocycles. The van der Waals surface area contributed by atoms with Crippen LogP contribution in [-0.4, -0.2) is 23.6 Å². The van der Waals surface area contributed by atoms with Gasteiger partial charge in [0.05, 0.1) is 6.54 Å².